The van der Waals surface area contributed by atoms with Crippen molar-refractivity contribution >= 4 is 26.9 Å². The highest BCUT2D eigenvalue weighted by Gasteiger charge is 2.36. The van der Waals surface area contributed by atoms with Crippen LogP contribution in [0.15, 0.2) is 12.7 Å². The highest BCUT2D eigenvalue weighted by molar-refractivity contribution is 6.60. The maximum atomic E-state index is 11.5. The average Bonchev–Trinajstić information content (AvgIpc) is 2.69. The van der Waals surface area contributed by atoms with Crippen molar-refractivity contribution in [3.8, 4) is 0 Å². The molecule has 0 rings (SSSR count). The molecule has 12 heteroatoms. The molecule has 3 amide bonds. The van der Waals surface area contributed by atoms with E-state index in [0.717, 1.165) is 6.08 Å². The molecule has 0 atom stereocenters. The lowest BCUT2D eigenvalue weighted by molar-refractivity contribution is -0.137. The van der Waals surface area contributed by atoms with E-state index < -0.39 is 26.9 Å². The number of hydrogen-bond donors (Lipinski definition) is 3. The molecule has 0 aliphatic heterocycles. The number of urea groups is 1. The molecule has 3 N–H and O–H groups in total. The molecule has 0 heterocycles. The summed E-state index contributed by atoms with van der Waals surface area (Å²) in [6.07, 6.45) is 1.05. The van der Waals surface area contributed by atoms with E-state index in [1.165, 1.54) is 21.3 Å². The summed E-state index contributed by atoms with van der Waals surface area (Å²) in [7, 11) is 1.94. The molecule has 11 nitrogen and oxygen atoms in total. The van der Waals surface area contributed by atoms with E-state index >= 15 is 0 Å². The van der Waals surface area contributed by atoms with Crippen molar-refractivity contribution < 1.29 is 37.1 Å². The van der Waals surface area contributed by atoms with Crippen molar-refractivity contribution in [3.63, 3.8) is 0 Å². The third kappa shape index (κ3) is 12.0. The van der Waals surface area contributed by atoms with Crippen molar-refractivity contribution in [2.24, 2.45) is 0 Å². The monoisotopic (exact) mass is 407 g/mol. The summed E-state index contributed by atoms with van der Waals surface area (Å²) >= 11 is 0. The van der Waals surface area contributed by atoms with Gasteiger partial charge in [0.15, 0.2) is 0 Å². The first-order valence-corrected chi connectivity index (χ1v) is 10.2. The summed E-state index contributed by atoms with van der Waals surface area (Å²) in [5, 5.41) is 7.55. The van der Waals surface area contributed by atoms with Gasteiger partial charge in [-0.2, -0.15) is 0 Å². The highest BCUT2D eigenvalue weighted by atomic mass is 28.4. The molecule has 0 fully saturated rings. The van der Waals surface area contributed by atoms with Gasteiger partial charge in [0.05, 0.1) is 13.1 Å². The minimum Gasteiger partial charge on any atom is -0.461 e. The smallest absolute Gasteiger partial charge is 0.461 e. The van der Waals surface area contributed by atoms with Gasteiger partial charge in [-0.25, -0.2) is 14.4 Å². The Kier molecular flexibility index (Phi) is 13.8. The van der Waals surface area contributed by atoms with Crippen LogP contribution in [0.2, 0.25) is 6.04 Å². The van der Waals surface area contributed by atoms with Gasteiger partial charge in [0, 0.05) is 40.0 Å². The summed E-state index contributed by atoms with van der Waals surface area (Å²) in [5.74, 6) is -0.559. The van der Waals surface area contributed by atoms with Crippen molar-refractivity contribution in [2.45, 2.75) is 12.5 Å². The van der Waals surface area contributed by atoms with E-state index in [4.69, 9.17) is 18.0 Å². The quantitative estimate of drug-likeness (QED) is 0.159. The molecule has 0 radical (unpaired) electrons. The number of esters is 1. The lowest BCUT2D eigenvalue weighted by Crippen LogP contribution is -2.43. The van der Waals surface area contributed by atoms with Gasteiger partial charge < -0.3 is 38.7 Å². The van der Waals surface area contributed by atoms with E-state index in [9.17, 15) is 14.4 Å². The summed E-state index contributed by atoms with van der Waals surface area (Å²) < 4.78 is 25.4. The molecule has 0 aliphatic rings. The Bertz CT molecular complexity index is 466. The molecular weight excluding hydrogens is 378 g/mol. The Morgan fingerprint density at radius 2 is 1.44 bits per heavy atom. The molecule has 0 aromatic carbocycles. The maximum absolute atomic E-state index is 11.5. The van der Waals surface area contributed by atoms with Gasteiger partial charge in [-0.1, -0.05) is 6.58 Å². The Morgan fingerprint density at radius 3 is 1.96 bits per heavy atom. The molecule has 0 saturated heterocycles. The average molecular weight is 407 g/mol. The molecule has 0 saturated carbocycles. The molecule has 0 unspecified atom stereocenters. The summed E-state index contributed by atoms with van der Waals surface area (Å²) in [5.41, 5.74) is 0. The fourth-order valence-corrected chi connectivity index (χ4v) is 3.57. The number of carbonyl (C=O) groups excluding carboxylic acids is 3. The highest BCUT2D eigenvalue weighted by Crippen LogP contribution is 2.14. The second-order valence-electron chi connectivity index (χ2n) is 5.02. The van der Waals surface area contributed by atoms with Crippen LogP contribution in [0.1, 0.15) is 6.42 Å². The van der Waals surface area contributed by atoms with Crippen LogP contribution < -0.4 is 16.0 Å². The van der Waals surface area contributed by atoms with E-state index in [-0.39, 0.29) is 26.3 Å². The van der Waals surface area contributed by atoms with E-state index in [1.54, 1.807) is 0 Å². The third-order valence-electron chi connectivity index (χ3n) is 3.28. The van der Waals surface area contributed by atoms with Gasteiger partial charge in [-0.05, 0) is 6.42 Å². The number of hydrogen-bond acceptors (Lipinski definition) is 8. The lowest BCUT2D eigenvalue weighted by atomic mass is 10.5. The molecular formula is C15H29N3O8Si. The number of alkyl carbamates (subject to hydrolysis) is 1. The van der Waals surface area contributed by atoms with Crippen LogP contribution in [0.5, 0.6) is 0 Å². The zero-order valence-corrected chi connectivity index (χ0v) is 17.0. The van der Waals surface area contributed by atoms with Crippen molar-refractivity contribution in [1.29, 1.82) is 0 Å². The lowest BCUT2D eigenvalue weighted by Gasteiger charge is -2.24. The Labute approximate surface area is 160 Å². The maximum Gasteiger partial charge on any atom is 0.500 e. The standard InChI is InChI=1S/C15H29N3O8Si/c1-5-13(19)25-10-8-16-14(20)17-9-11-26-15(21)18-7-6-12-27(22-2,23-3)24-4/h5H,1,6-12H2,2-4H3,(H,18,21)(H2,16,17,20). The van der Waals surface area contributed by atoms with Crippen LogP contribution in [-0.4, -0.2) is 81.1 Å². The molecule has 27 heavy (non-hydrogen) atoms. The number of ether oxygens (including phenoxy) is 2. The predicted molar refractivity (Wildman–Crippen MR) is 98.1 cm³/mol. The summed E-state index contributed by atoms with van der Waals surface area (Å²) in [6.45, 7) is 3.97. The van der Waals surface area contributed by atoms with Gasteiger partial charge in [-0.3, -0.25) is 0 Å². The number of rotatable bonds is 14. The largest absolute Gasteiger partial charge is 0.500 e. The predicted octanol–water partition coefficient (Wildman–Crippen LogP) is 0.00920. The number of carbonyl (C=O) groups is 3. The molecule has 0 aromatic heterocycles. The molecule has 0 bridgehead atoms. The molecule has 0 spiro atoms. The van der Waals surface area contributed by atoms with Gasteiger partial charge >= 0.3 is 26.9 Å². The second kappa shape index (κ2) is 15.0. The Morgan fingerprint density at radius 1 is 0.889 bits per heavy atom. The molecule has 0 aromatic rings. The Hall–Kier alpha value is -2.15. The summed E-state index contributed by atoms with van der Waals surface area (Å²) in [4.78, 5) is 33.7. The first kappa shape index (κ1) is 24.8. The van der Waals surface area contributed by atoms with Crippen LogP contribution in [-0.2, 0) is 27.5 Å². The minimum atomic E-state index is -2.63. The van der Waals surface area contributed by atoms with Crippen molar-refractivity contribution in [3.05, 3.63) is 12.7 Å². The van der Waals surface area contributed by atoms with E-state index in [0.29, 0.717) is 19.0 Å². The van der Waals surface area contributed by atoms with Crippen molar-refractivity contribution in [2.75, 3.05) is 54.2 Å². The minimum absolute atomic E-state index is 0.0115. The van der Waals surface area contributed by atoms with Crippen LogP contribution in [0, 0.1) is 0 Å². The Balaban J connectivity index is 3.67. The van der Waals surface area contributed by atoms with Crippen LogP contribution in [0.3, 0.4) is 0 Å². The van der Waals surface area contributed by atoms with Crippen molar-refractivity contribution in [1.82, 2.24) is 16.0 Å². The van der Waals surface area contributed by atoms with E-state index in [1.807, 2.05) is 0 Å². The second-order valence-corrected chi connectivity index (χ2v) is 8.11. The number of nitrogens with one attached hydrogen (secondary N) is 3. The first-order chi connectivity index (χ1) is 12.9. The van der Waals surface area contributed by atoms with Crippen LogP contribution in [0.25, 0.3) is 0 Å². The SMILES string of the molecule is C=CC(=O)OCCNC(=O)NCCOC(=O)NCCC[Si](OC)(OC)OC. The molecule has 0 aliphatic carbocycles. The zero-order valence-electron chi connectivity index (χ0n) is 16.0. The van der Waals surface area contributed by atoms with E-state index in [2.05, 4.69) is 27.3 Å². The van der Waals surface area contributed by atoms with Gasteiger partial charge in [0.2, 0.25) is 0 Å². The van der Waals surface area contributed by atoms with Crippen LogP contribution in [0.4, 0.5) is 9.59 Å². The van der Waals surface area contributed by atoms with Gasteiger partial charge in [0.1, 0.15) is 13.2 Å². The van der Waals surface area contributed by atoms with Crippen LogP contribution >= 0.6 is 0 Å². The molecule has 156 valence electrons. The fraction of sp³-hybridized carbons (Fsp3) is 0.667. The first-order valence-electron chi connectivity index (χ1n) is 8.30. The topological polar surface area (TPSA) is 133 Å². The van der Waals surface area contributed by atoms with Gasteiger partial charge in [-0.15, -0.1) is 0 Å². The zero-order chi connectivity index (χ0) is 20.5. The fourth-order valence-electron chi connectivity index (χ4n) is 1.85. The third-order valence-corrected chi connectivity index (χ3v) is 6.11. The van der Waals surface area contributed by atoms with Gasteiger partial charge in [0.25, 0.3) is 0 Å². The normalized spacial score (nSPS) is 10.6. The number of amides is 3. The summed E-state index contributed by atoms with van der Waals surface area (Å²) in [6, 6.07) is 0.0920.